The maximum absolute atomic E-state index is 11.6. The van der Waals surface area contributed by atoms with Crippen LogP contribution in [0.2, 0.25) is 0 Å². The SMILES string of the molecule is CCOCCCC(=O)NCc1sccc1C#CCCO. The summed E-state index contributed by atoms with van der Waals surface area (Å²) in [5.41, 5.74) is 0.929. The number of carbonyl (C=O) groups excluding carboxylic acids is 1. The van der Waals surface area contributed by atoms with Gasteiger partial charge in [0.1, 0.15) is 0 Å². The highest BCUT2D eigenvalue weighted by Gasteiger charge is 2.05. The molecule has 0 fully saturated rings. The third kappa shape index (κ3) is 6.71. The topological polar surface area (TPSA) is 58.6 Å². The molecule has 0 saturated carbocycles. The number of ether oxygens (including phenoxy) is 1. The van der Waals surface area contributed by atoms with Crippen molar-refractivity contribution in [2.24, 2.45) is 0 Å². The van der Waals surface area contributed by atoms with Crippen molar-refractivity contribution in [3.05, 3.63) is 21.9 Å². The minimum Gasteiger partial charge on any atom is -0.395 e. The minimum atomic E-state index is 0.0346. The first kappa shape index (κ1) is 16.7. The summed E-state index contributed by atoms with van der Waals surface area (Å²) in [6, 6.07) is 1.94. The predicted octanol–water partition coefficient (Wildman–Crippen LogP) is 1.91. The van der Waals surface area contributed by atoms with Crippen LogP contribution in [0.3, 0.4) is 0 Å². The van der Waals surface area contributed by atoms with Gasteiger partial charge in [-0.25, -0.2) is 0 Å². The van der Waals surface area contributed by atoms with Gasteiger partial charge in [-0.2, -0.15) is 0 Å². The Hall–Kier alpha value is -1.35. The zero-order valence-corrected chi connectivity index (χ0v) is 12.6. The molecule has 110 valence electrons. The number of carbonyl (C=O) groups is 1. The number of aliphatic hydroxyl groups is 1. The second-order valence-corrected chi connectivity index (χ2v) is 5.11. The zero-order valence-electron chi connectivity index (χ0n) is 11.8. The molecule has 0 unspecified atom stereocenters. The lowest BCUT2D eigenvalue weighted by molar-refractivity contribution is -0.121. The average Bonchev–Trinajstić information content (AvgIpc) is 2.89. The molecule has 0 atom stereocenters. The molecule has 4 nitrogen and oxygen atoms in total. The van der Waals surface area contributed by atoms with Crippen LogP contribution >= 0.6 is 11.3 Å². The Morgan fingerprint density at radius 1 is 1.55 bits per heavy atom. The first-order valence-corrected chi connectivity index (χ1v) is 7.66. The van der Waals surface area contributed by atoms with Gasteiger partial charge in [0.25, 0.3) is 0 Å². The summed E-state index contributed by atoms with van der Waals surface area (Å²) in [5.74, 6) is 5.93. The molecule has 0 radical (unpaired) electrons. The maximum atomic E-state index is 11.6. The Kier molecular flexibility index (Phi) is 8.72. The summed E-state index contributed by atoms with van der Waals surface area (Å²) >= 11 is 1.58. The fourth-order valence-corrected chi connectivity index (χ4v) is 2.32. The zero-order chi connectivity index (χ0) is 14.6. The van der Waals surface area contributed by atoms with E-state index in [2.05, 4.69) is 17.2 Å². The highest BCUT2D eigenvalue weighted by atomic mass is 32.1. The number of hydrogen-bond donors (Lipinski definition) is 2. The van der Waals surface area contributed by atoms with E-state index in [1.807, 2.05) is 18.4 Å². The molecule has 20 heavy (non-hydrogen) atoms. The first-order chi connectivity index (χ1) is 9.77. The summed E-state index contributed by atoms with van der Waals surface area (Å²) in [7, 11) is 0. The second kappa shape index (κ2) is 10.4. The summed E-state index contributed by atoms with van der Waals surface area (Å²) in [6.07, 6.45) is 1.70. The molecule has 0 bridgehead atoms. The summed E-state index contributed by atoms with van der Waals surface area (Å²) < 4.78 is 5.19. The van der Waals surface area contributed by atoms with E-state index in [1.54, 1.807) is 11.3 Å². The van der Waals surface area contributed by atoms with Crippen LogP contribution in [0.1, 0.15) is 36.6 Å². The molecule has 1 rings (SSSR count). The Morgan fingerprint density at radius 2 is 2.40 bits per heavy atom. The number of nitrogens with one attached hydrogen (secondary N) is 1. The number of aliphatic hydroxyl groups excluding tert-OH is 1. The second-order valence-electron chi connectivity index (χ2n) is 4.11. The van der Waals surface area contributed by atoms with Crippen LogP contribution < -0.4 is 5.32 Å². The molecule has 0 saturated heterocycles. The lowest BCUT2D eigenvalue weighted by Crippen LogP contribution is -2.22. The van der Waals surface area contributed by atoms with E-state index in [1.165, 1.54) is 0 Å². The molecule has 1 aromatic heterocycles. The molecular formula is C15H21NO3S. The van der Waals surface area contributed by atoms with Gasteiger partial charge in [0.15, 0.2) is 0 Å². The molecule has 1 amide bonds. The van der Waals surface area contributed by atoms with Crippen molar-refractivity contribution in [3.63, 3.8) is 0 Å². The van der Waals surface area contributed by atoms with Gasteiger partial charge in [-0.05, 0) is 24.8 Å². The van der Waals surface area contributed by atoms with Gasteiger partial charge in [-0.3, -0.25) is 4.79 Å². The molecule has 0 aliphatic carbocycles. The number of rotatable bonds is 8. The van der Waals surface area contributed by atoms with Gasteiger partial charge in [0.05, 0.1) is 13.2 Å². The van der Waals surface area contributed by atoms with Gasteiger partial charge in [-0.1, -0.05) is 11.8 Å². The number of hydrogen-bond acceptors (Lipinski definition) is 4. The highest BCUT2D eigenvalue weighted by Crippen LogP contribution is 2.15. The van der Waals surface area contributed by atoms with Crippen molar-refractivity contribution >= 4 is 17.2 Å². The van der Waals surface area contributed by atoms with Crippen molar-refractivity contribution in [3.8, 4) is 11.8 Å². The third-order valence-corrected chi connectivity index (χ3v) is 3.47. The molecule has 0 spiro atoms. The van der Waals surface area contributed by atoms with Crippen LogP contribution in [0, 0.1) is 11.8 Å². The van der Waals surface area contributed by atoms with Crippen LogP contribution in [0.5, 0.6) is 0 Å². The number of thiophene rings is 1. The quantitative estimate of drug-likeness (QED) is 0.569. The molecular weight excluding hydrogens is 274 g/mol. The van der Waals surface area contributed by atoms with Crippen LogP contribution in [-0.4, -0.2) is 30.8 Å². The fourth-order valence-electron chi connectivity index (χ4n) is 1.55. The van der Waals surface area contributed by atoms with Gasteiger partial charge < -0.3 is 15.2 Å². The van der Waals surface area contributed by atoms with Crippen LogP contribution in [-0.2, 0) is 16.1 Å². The largest absolute Gasteiger partial charge is 0.395 e. The van der Waals surface area contributed by atoms with E-state index in [0.29, 0.717) is 32.6 Å². The molecule has 1 heterocycles. The van der Waals surface area contributed by atoms with Crippen molar-refractivity contribution in [2.45, 2.75) is 32.7 Å². The van der Waals surface area contributed by atoms with Crippen molar-refractivity contribution in [1.82, 2.24) is 5.32 Å². The average molecular weight is 295 g/mol. The van der Waals surface area contributed by atoms with Gasteiger partial charge in [0.2, 0.25) is 5.91 Å². The van der Waals surface area contributed by atoms with Gasteiger partial charge in [-0.15, -0.1) is 11.3 Å². The number of amides is 1. The summed E-state index contributed by atoms with van der Waals surface area (Å²) in [5, 5.41) is 13.5. The van der Waals surface area contributed by atoms with E-state index in [-0.39, 0.29) is 12.5 Å². The van der Waals surface area contributed by atoms with E-state index in [4.69, 9.17) is 9.84 Å². The summed E-state index contributed by atoms with van der Waals surface area (Å²) in [6.45, 7) is 3.83. The lowest BCUT2D eigenvalue weighted by Gasteiger charge is -2.04. The van der Waals surface area contributed by atoms with Crippen molar-refractivity contribution < 1.29 is 14.6 Å². The molecule has 0 aliphatic rings. The third-order valence-electron chi connectivity index (χ3n) is 2.55. The lowest BCUT2D eigenvalue weighted by atomic mass is 10.2. The predicted molar refractivity (Wildman–Crippen MR) is 80.5 cm³/mol. The Balaban J connectivity index is 2.33. The minimum absolute atomic E-state index is 0.0346. The Labute approximate surface area is 124 Å². The molecule has 2 N–H and O–H groups in total. The van der Waals surface area contributed by atoms with Gasteiger partial charge in [0, 0.05) is 36.5 Å². The van der Waals surface area contributed by atoms with Crippen LogP contribution in [0.15, 0.2) is 11.4 Å². The standard InChI is InChI=1S/C15H21NO3S/c1-2-19-10-5-7-15(18)16-12-14-13(8-11-20-14)6-3-4-9-17/h8,11,17H,2,4-5,7,9-10,12H2,1H3,(H,16,18). The van der Waals surface area contributed by atoms with E-state index < -0.39 is 0 Å². The molecule has 5 heteroatoms. The smallest absolute Gasteiger partial charge is 0.220 e. The first-order valence-electron chi connectivity index (χ1n) is 6.78. The van der Waals surface area contributed by atoms with E-state index >= 15 is 0 Å². The van der Waals surface area contributed by atoms with Crippen LogP contribution in [0.25, 0.3) is 0 Å². The highest BCUT2D eigenvalue weighted by molar-refractivity contribution is 7.10. The molecule has 1 aromatic rings. The molecule has 0 aromatic carbocycles. The monoisotopic (exact) mass is 295 g/mol. The fraction of sp³-hybridized carbons (Fsp3) is 0.533. The van der Waals surface area contributed by atoms with Gasteiger partial charge >= 0.3 is 0 Å². The van der Waals surface area contributed by atoms with Crippen molar-refractivity contribution in [1.29, 1.82) is 0 Å². The molecule has 0 aliphatic heterocycles. The maximum Gasteiger partial charge on any atom is 0.220 e. The normalized spacial score (nSPS) is 9.90. The Morgan fingerprint density at radius 3 is 3.15 bits per heavy atom. The van der Waals surface area contributed by atoms with E-state index in [0.717, 1.165) is 16.9 Å². The Bertz CT molecular complexity index is 459. The van der Waals surface area contributed by atoms with E-state index in [9.17, 15) is 4.79 Å². The summed E-state index contributed by atoms with van der Waals surface area (Å²) in [4.78, 5) is 12.7. The van der Waals surface area contributed by atoms with Crippen molar-refractivity contribution in [2.75, 3.05) is 19.8 Å². The van der Waals surface area contributed by atoms with Crippen LogP contribution in [0.4, 0.5) is 0 Å².